The van der Waals surface area contributed by atoms with Gasteiger partial charge in [0.25, 0.3) is 0 Å². The third-order valence-electron chi connectivity index (χ3n) is 5.69. The predicted molar refractivity (Wildman–Crippen MR) is 69.9 cm³/mol. The molecule has 5 unspecified atom stereocenters. The van der Waals surface area contributed by atoms with Crippen molar-refractivity contribution in [3.63, 3.8) is 0 Å². The SMILES string of the molecule is CCNC1C2CCC3CC32C1c1ccccc1. The van der Waals surface area contributed by atoms with E-state index in [1.165, 1.54) is 19.3 Å². The zero-order chi connectivity index (χ0) is 11.5. The van der Waals surface area contributed by atoms with Gasteiger partial charge in [-0.15, -0.1) is 0 Å². The van der Waals surface area contributed by atoms with Crippen molar-refractivity contribution in [2.75, 3.05) is 6.54 Å². The minimum Gasteiger partial charge on any atom is -0.313 e. The summed E-state index contributed by atoms with van der Waals surface area (Å²) in [7, 11) is 0. The molecule has 0 bridgehead atoms. The molecule has 0 saturated heterocycles. The molecule has 1 N–H and O–H groups in total. The third-order valence-corrected chi connectivity index (χ3v) is 5.69. The van der Waals surface area contributed by atoms with E-state index in [0.717, 1.165) is 35.8 Å². The first kappa shape index (κ1) is 10.1. The second-order valence-electron chi connectivity index (χ2n) is 6.17. The van der Waals surface area contributed by atoms with Gasteiger partial charge in [0, 0.05) is 12.0 Å². The van der Waals surface area contributed by atoms with E-state index in [1.807, 2.05) is 0 Å². The number of benzene rings is 1. The summed E-state index contributed by atoms with van der Waals surface area (Å²) in [5, 5.41) is 3.75. The summed E-state index contributed by atoms with van der Waals surface area (Å²) in [5.74, 6) is 2.85. The Kier molecular flexibility index (Phi) is 2.00. The van der Waals surface area contributed by atoms with Crippen LogP contribution in [0.3, 0.4) is 0 Å². The Morgan fingerprint density at radius 1 is 1.24 bits per heavy atom. The molecule has 3 aliphatic rings. The van der Waals surface area contributed by atoms with Crippen LogP contribution in [0.15, 0.2) is 30.3 Å². The maximum atomic E-state index is 3.75. The van der Waals surface area contributed by atoms with Crippen LogP contribution < -0.4 is 5.32 Å². The molecule has 3 saturated carbocycles. The van der Waals surface area contributed by atoms with Gasteiger partial charge < -0.3 is 5.32 Å². The Hall–Kier alpha value is -0.820. The van der Waals surface area contributed by atoms with E-state index >= 15 is 0 Å². The van der Waals surface area contributed by atoms with Crippen molar-refractivity contribution in [2.45, 2.75) is 38.1 Å². The molecule has 5 atom stereocenters. The highest BCUT2D eigenvalue weighted by Crippen LogP contribution is 2.80. The maximum Gasteiger partial charge on any atom is 0.0175 e. The van der Waals surface area contributed by atoms with Crippen molar-refractivity contribution in [2.24, 2.45) is 17.3 Å². The number of likely N-dealkylation sites (N-methyl/N-ethyl adjacent to an activating group) is 1. The summed E-state index contributed by atoms with van der Waals surface area (Å²) >= 11 is 0. The summed E-state index contributed by atoms with van der Waals surface area (Å²) in [6, 6.07) is 12.0. The predicted octanol–water partition coefficient (Wildman–Crippen LogP) is 3.18. The zero-order valence-corrected chi connectivity index (χ0v) is 10.5. The van der Waals surface area contributed by atoms with E-state index < -0.39 is 0 Å². The third kappa shape index (κ3) is 1.14. The highest BCUT2D eigenvalue weighted by molar-refractivity contribution is 5.38. The van der Waals surface area contributed by atoms with Crippen LogP contribution in [0.5, 0.6) is 0 Å². The Balaban J connectivity index is 1.69. The minimum atomic E-state index is 0.730. The van der Waals surface area contributed by atoms with Crippen molar-refractivity contribution in [3.8, 4) is 0 Å². The fourth-order valence-corrected chi connectivity index (χ4v) is 5.09. The molecule has 1 nitrogen and oxygen atoms in total. The van der Waals surface area contributed by atoms with Gasteiger partial charge in [0.1, 0.15) is 0 Å². The van der Waals surface area contributed by atoms with Gasteiger partial charge in [-0.2, -0.15) is 0 Å². The average molecular weight is 227 g/mol. The fraction of sp³-hybridized carbons (Fsp3) is 0.625. The quantitative estimate of drug-likeness (QED) is 0.836. The van der Waals surface area contributed by atoms with Gasteiger partial charge >= 0.3 is 0 Å². The van der Waals surface area contributed by atoms with Crippen molar-refractivity contribution < 1.29 is 0 Å². The molecule has 0 aliphatic heterocycles. The largest absolute Gasteiger partial charge is 0.313 e. The van der Waals surface area contributed by atoms with Gasteiger partial charge in [0.05, 0.1) is 0 Å². The molecular formula is C16H21N. The number of nitrogens with one attached hydrogen (secondary N) is 1. The molecular weight excluding hydrogens is 206 g/mol. The van der Waals surface area contributed by atoms with Crippen molar-refractivity contribution >= 4 is 0 Å². The standard InChI is InChI=1S/C16H21N/c1-2-17-15-13-9-8-12-10-16(12,13)14(15)11-6-4-3-5-7-11/h3-7,12-15,17H,2,8-10H2,1H3. The molecule has 1 spiro atoms. The van der Waals surface area contributed by atoms with Crippen molar-refractivity contribution in [1.82, 2.24) is 5.32 Å². The summed E-state index contributed by atoms with van der Waals surface area (Å²) in [5.41, 5.74) is 2.31. The van der Waals surface area contributed by atoms with E-state index in [1.54, 1.807) is 5.56 Å². The lowest BCUT2D eigenvalue weighted by molar-refractivity contribution is 0.0550. The molecule has 4 rings (SSSR count). The van der Waals surface area contributed by atoms with E-state index in [2.05, 4.69) is 42.6 Å². The second kappa shape index (κ2) is 3.35. The van der Waals surface area contributed by atoms with Crippen LogP contribution in [-0.2, 0) is 0 Å². The lowest BCUT2D eigenvalue weighted by atomic mass is 9.56. The summed E-state index contributed by atoms with van der Waals surface area (Å²) in [4.78, 5) is 0. The van der Waals surface area contributed by atoms with Gasteiger partial charge in [-0.1, -0.05) is 37.3 Å². The van der Waals surface area contributed by atoms with Crippen LogP contribution in [-0.4, -0.2) is 12.6 Å². The zero-order valence-electron chi connectivity index (χ0n) is 10.5. The molecule has 17 heavy (non-hydrogen) atoms. The molecule has 1 aromatic rings. The monoisotopic (exact) mass is 227 g/mol. The van der Waals surface area contributed by atoms with Crippen molar-refractivity contribution in [1.29, 1.82) is 0 Å². The van der Waals surface area contributed by atoms with Gasteiger partial charge in [-0.25, -0.2) is 0 Å². The molecule has 0 heterocycles. The lowest BCUT2D eigenvalue weighted by Gasteiger charge is -2.53. The molecule has 0 radical (unpaired) electrons. The Bertz CT molecular complexity index is 426. The van der Waals surface area contributed by atoms with Crippen LogP contribution in [0.1, 0.15) is 37.7 Å². The van der Waals surface area contributed by atoms with Gasteiger partial charge in [0.2, 0.25) is 0 Å². The molecule has 3 fully saturated rings. The number of rotatable bonds is 3. The van der Waals surface area contributed by atoms with E-state index in [0.29, 0.717) is 0 Å². The smallest absolute Gasteiger partial charge is 0.0175 e. The van der Waals surface area contributed by atoms with Gasteiger partial charge in [-0.05, 0) is 48.6 Å². The van der Waals surface area contributed by atoms with Gasteiger partial charge in [-0.3, -0.25) is 0 Å². The molecule has 0 amide bonds. The minimum absolute atomic E-state index is 0.730. The van der Waals surface area contributed by atoms with E-state index in [9.17, 15) is 0 Å². The molecule has 0 aromatic heterocycles. The fourth-order valence-electron chi connectivity index (χ4n) is 5.09. The summed E-state index contributed by atoms with van der Waals surface area (Å²) in [6.07, 6.45) is 4.49. The highest BCUT2D eigenvalue weighted by atomic mass is 15.0. The van der Waals surface area contributed by atoms with E-state index in [-0.39, 0.29) is 0 Å². The van der Waals surface area contributed by atoms with Crippen LogP contribution >= 0.6 is 0 Å². The summed E-state index contributed by atoms with van der Waals surface area (Å²) < 4.78 is 0. The first-order valence-electron chi connectivity index (χ1n) is 7.16. The first-order valence-corrected chi connectivity index (χ1v) is 7.16. The average Bonchev–Trinajstić information content (AvgIpc) is 3.01. The first-order chi connectivity index (χ1) is 8.38. The molecule has 1 heteroatoms. The van der Waals surface area contributed by atoms with Gasteiger partial charge in [0.15, 0.2) is 0 Å². The summed E-state index contributed by atoms with van der Waals surface area (Å²) in [6.45, 7) is 3.36. The normalized spacial score (nSPS) is 45.9. The second-order valence-corrected chi connectivity index (χ2v) is 6.17. The van der Waals surface area contributed by atoms with Crippen LogP contribution in [0.2, 0.25) is 0 Å². The highest BCUT2D eigenvalue weighted by Gasteiger charge is 2.76. The van der Waals surface area contributed by atoms with Crippen LogP contribution in [0.25, 0.3) is 0 Å². The topological polar surface area (TPSA) is 12.0 Å². The number of hydrogen-bond donors (Lipinski definition) is 1. The van der Waals surface area contributed by atoms with Crippen molar-refractivity contribution in [3.05, 3.63) is 35.9 Å². The molecule has 1 aromatic carbocycles. The number of hydrogen-bond acceptors (Lipinski definition) is 1. The molecule has 3 aliphatic carbocycles. The Labute approximate surface area is 104 Å². The Morgan fingerprint density at radius 2 is 2.06 bits per heavy atom. The Morgan fingerprint density at radius 3 is 2.76 bits per heavy atom. The lowest BCUT2D eigenvalue weighted by Crippen LogP contribution is -2.57. The van der Waals surface area contributed by atoms with Crippen LogP contribution in [0, 0.1) is 17.3 Å². The maximum absolute atomic E-state index is 3.75. The van der Waals surface area contributed by atoms with Crippen LogP contribution in [0.4, 0.5) is 0 Å². The molecule has 90 valence electrons. The van der Waals surface area contributed by atoms with E-state index in [4.69, 9.17) is 0 Å².